The molecule has 2 aromatic carbocycles. The first-order valence-corrected chi connectivity index (χ1v) is 21.7. The van der Waals surface area contributed by atoms with Crippen molar-refractivity contribution in [3.05, 3.63) is 60.7 Å². The van der Waals surface area contributed by atoms with Gasteiger partial charge >= 0.3 is 5.97 Å². The lowest BCUT2D eigenvalue weighted by Crippen LogP contribution is -2.67. The lowest BCUT2D eigenvalue weighted by molar-refractivity contribution is -0.154. The number of carbonyl (C=O) groups excluding carboxylic acids is 2. The summed E-state index contributed by atoms with van der Waals surface area (Å²) < 4.78 is 24.9. The number of benzene rings is 2. The Balaban J connectivity index is 1.60. The first kappa shape index (κ1) is 38.7. The van der Waals surface area contributed by atoms with E-state index in [0.29, 0.717) is 19.4 Å². The van der Waals surface area contributed by atoms with Crippen LogP contribution in [0.4, 0.5) is 0 Å². The third-order valence-electron chi connectivity index (χ3n) is 9.27. The topological polar surface area (TPSA) is 71.1 Å². The minimum absolute atomic E-state index is 0.0724. The third-order valence-corrected chi connectivity index (χ3v) is 18.7. The fraction of sp³-hybridized carbons (Fsp3) is 0.622. The SMILES string of the molecule is C[C@H]1OC(C)(C)O[C@@H]1C[C@H](CC(=O)CC1(C(C)(C)CO[Si](c2ccccc2)(c2ccccc2)C(C)(C)C)SCCCS1)OC(=O)CBr. The third kappa shape index (κ3) is 9.16. The second-order valence-electron chi connectivity index (χ2n) is 14.9. The quantitative estimate of drug-likeness (QED) is 0.110. The zero-order chi connectivity index (χ0) is 34.5. The largest absolute Gasteiger partial charge is 0.461 e. The number of thioether (sulfide) groups is 2. The lowest BCUT2D eigenvalue weighted by atomic mass is 9.85. The number of hydrogen-bond acceptors (Lipinski definition) is 8. The van der Waals surface area contributed by atoms with Gasteiger partial charge in [-0.05, 0) is 54.1 Å². The Bertz CT molecular complexity index is 1290. The molecule has 0 aromatic heterocycles. The number of ketones is 1. The number of carbonyl (C=O) groups is 2. The van der Waals surface area contributed by atoms with Gasteiger partial charge in [-0.3, -0.25) is 9.59 Å². The van der Waals surface area contributed by atoms with Gasteiger partial charge in [0, 0.05) is 31.3 Å². The van der Waals surface area contributed by atoms with E-state index in [4.69, 9.17) is 18.6 Å². The molecule has 0 N–H and O–H groups in total. The molecule has 2 heterocycles. The molecule has 47 heavy (non-hydrogen) atoms. The first-order valence-electron chi connectivity index (χ1n) is 16.7. The van der Waals surface area contributed by atoms with Gasteiger partial charge in [0.05, 0.1) is 16.3 Å². The minimum Gasteiger partial charge on any atom is -0.461 e. The maximum Gasteiger partial charge on any atom is 0.316 e. The van der Waals surface area contributed by atoms with Gasteiger partial charge in [0.15, 0.2) is 5.79 Å². The van der Waals surface area contributed by atoms with E-state index < -0.39 is 20.2 Å². The Morgan fingerprint density at radius 2 is 1.51 bits per heavy atom. The van der Waals surface area contributed by atoms with E-state index in [9.17, 15) is 9.59 Å². The van der Waals surface area contributed by atoms with E-state index in [1.807, 2.05) is 44.3 Å². The molecule has 0 aliphatic carbocycles. The van der Waals surface area contributed by atoms with Crippen LogP contribution in [0.15, 0.2) is 60.7 Å². The van der Waals surface area contributed by atoms with Gasteiger partial charge in [0.2, 0.25) is 0 Å². The molecular weight excluding hydrogens is 713 g/mol. The number of hydrogen-bond donors (Lipinski definition) is 0. The van der Waals surface area contributed by atoms with E-state index in [1.54, 1.807) is 0 Å². The molecular formula is C37H53BrO6S2Si. The van der Waals surface area contributed by atoms with Gasteiger partial charge in [-0.15, -0.1) is 23.5 Å². The van der Waals surface area contributed by atoms with E-state index >= 15 is 0 Å². The van der Waals surface area contributed by atoms with Crippen LogP contribution in [0.2, 0.25) is 5.04 Å². The van der Waals surface area contributed by atoms with Gasteiger partial charge in [0.1, 0.15) is 17.2 Å². The van der Waals surface area contributed by atoms with Gasteiger partial charge in [-0.25, -0.2) is 0 Å². The Labute approximate surface area is 300 Å². The molecule has 4 rings (SSSR count). The zero-order valence-corrected chi connectivity index (χ0v) is 33.5. The number of esters is 1. The summed E-state index contributed by atoms with van der Waals surface area (Å²) in [5.74, 6) is 0.967. The van der Waals surface area contributed by atoms with Crippen molar-refractivity contribution >= 4 is 69.9 Å². The van der Waals surface area contributed by atoms with E-state index in [1.165, 1.54) is 10.4 Å². The molecule has 0 spiro atoms. The molecule has 2 saturated heterocycles. The van der Waals surface area contributed by atoms with Crippen molar-refractivity contribution in [2.75, 3.05) is 23.4 Å². The van der Waals surface area contributed by atoms with Crippen LogP contribution < -0.4 is 10.4 Å². The van der Waals surface area contributed by atoms with Gasteiger partial charge < -0.3 is 18.6 Å². The molecule has 0 saturated carbocycles. The van der Waals surface area contributed by atoms with Crippen molar-refractivity contribution in [2.24, 2.45) is 5.41 Å². The molecule has 10 heteroatoms. The van der Waals surface area contributed by atoms with Crippen molar-refractivity contribution < 1.29 is 28.2 Å². The molecule has 0 bridgehead atoms. The van der Waals surface area contributed by atoms with Crippen LogP contribution in [0.25, 0.3) is 0 Å². The highest BCUT2D eigenvalue weighted by molar-refractivity contribution is 9.09. The Hall–Kier alpha value is -1.14. The summed E-state index contributed by atoms with van der Waals surface area (Å²) in [7, 11) is -2.77. The summed E-state index contributed by atoms with van der Waals surface area (Å²) >= 11 is 7.00. The molecule has 2 aliphatic rings. The van der Waals surface area contributed by atoms with Crippen molar-refractivity contribution in [1.29, 1.82) is 0 Å². The fourth-order valence-corrected chi connectivity index (χ4v) is 15.5. The van der Waals surface area contributed by atoms with Crippen molar-refractivity contribution in [3.8, 4) is 0 Å². The van der Waals surface area contributed by atoms with Crippen LogP contribution in [0, 0.1) is 5.41 Å². The average molecular weight is 766 g/mol. The predicted octanol–water partition coefficient (Wildman–Crippen LogP) is 7.74. The molecule has 0 radical (unpaired) electrons. The highest BCUT2D eigenvalue weighted by Gasteiger charge is 2.54. The van der Waals surface area contributed by atoms with Crippen LogP contribution in [0.1, 0.15) is 81.1 Å². The Morgan fingerprint density at radius 1 is 0.957 bits per heavy atom. The second-order valence-corrected chi connectivity index (χ2v) is 22.8. The smallest absolute Gasteiger partial charge is 0.316 e. The lowest BCUT2D eigenvalue weighted by Gasteiger charge is -2.50. The number of ether oxygens (including phenoxy) is 3. The molecule has 0 unspecified atom stereocenters. The summed E-state index contributed by atoms with van der Waals surface area (Å²) in [4.78, 5) is 26.5. The van der Waals surface area contributed by atoms with Gasteiger partial charge in [0.25, 0.3) is 8.32 Å². The molecule has 2 aromatic rings. The highest BCUT2D eigenvalue weighted by Crippen LogP contribution is 2.56. The van der Waals surface area contributed by atoms with Crippen molar-refractivity contribution in [2.45, 2.75) is 114 Å². The highest BCUT2D eigenvalue weighted by atomic mass is 79.9. The average Bonchev–Trinajstić information content (AvgIpc) is 3.28. The maximum absolute atomic E-state index is 14.1. The number of alkyl halides is 1. The minimum atomic E-state index is -2.77. The molecule has 0 amide bonds. The number of Topliss-reactive ketones (excluding diaryl/α,β-unsaturated/α-hetero) is 1. The van der Waals surface area contributed by atoms with E-state index in [0.717, 1.165) is 17.9 Å². The summed E-state index contributed by atoms with van der Waals surface area (Å²) in [6.45, 7) is 17.6. The number of rotatable bonds is 14. The van der Waals surface area contributed by atoms with Crippen LogP contribution in [-0.2, 0) is 28.2 Å². The number of halogens is 1. The van der Waals surface area contributed by atoms with Crippen LogP contribution in [0.5, 0.6) is 0 Å². The summed E-state index contributed by atoms with van der Waals surface area (Å²) in [5, 5.41) is 2.42. The monoisotopic (exact) mass is 764 g/mol. The summed E-state index contributed by atoms with van der Waals surface area (Å²) in [5.41, 5.74) is -0.353. The Morgan fingerprint density at radius 3 is 1.98 bits per heavy atom. The van der Waals surface area contributed by atoms with E-state index in [2.05, 4.69) is 111 Å². The molecule has 3 atom stereocenters. The van der Waals surface area contributed by atoms with E-state index in [-0.39, 0.29) is 50.2 Å². The molecule has 2 fully saturated rings. The van der Waals surface area contributed by atoms with Crippen LogP contribution >= 0.6 is 39.5 Å². The summed E-state index contributed by atoms with van der Waals surface area (Å²) in [6.07, 6.45) is 0.987. The summed E-state index contributed by atoms with van der Waals surface area (Å²) in [6, 6.07) is 21.4. The molecule has 6 nitrogen and oxygen atoms in total. The van der Waals surface area contributed by atoms with Crippen LogP contribution in [-0.4, -0.2) is 71.7 Å². The first-order chi connectivity index (χ1) is 22.0. The normalized spacial score (nSPS) is 22.1. The Kier molecular flexibility index (Phi) is 13.0. The standard InChI is InChI=1S/C37H53BrO6S2Si/c1-27-32(44-36(7,8)43-27)23-29(42-33(40)25-38)22-28(39)24-37(45-20-15-21-46-37)35(5,6)26-41-47(34(2,3)4,30-16-11-9-12-17-30)31-18-13-10-14-19-31/h9-14,16-19,27,29,32H,15,20-26H2,1-8H3/t27-,29+,32-/m1/s1. The van der Waals surface area contributed by atoms with Crippen molar-refractivity contribution in [3.63, 3.8) is 0 Å². The molecule has 2 aliphatic heterocycles. The van der Waals surface area contributed by atoms with Gasteiger partial charge in [-0.2, -0.15) is 0 Å². The molecule has 260 valence electrons. The maximum atomic E-state index is 14.1. The zero-order valence-electron chi connectivity index (χ0n) is 29.3. The van der Waals surface area contributed by atoms with Crippen molar-refractivity contribution in [1.82, 2.24) is 0 Å². The van der Waals surface area contributed by atoms with Crippen LogP contribution in [0.3, 0.4) is 0 Å². The fourth-order valence-electron chi connectivity index (χ4n) is 6.95. The van der Waals surface area contributed by atoms with Gasteiger partial charge in [-0.1, -0.05) is 111 Å². The predicted molar refractivity (Wildman–Crippen MR) is 202 cm³/mol. The second kappa shape index (κ2) is 15.8.